The van der Waals surface area contributed by atoms with Gasteiger partial charge in [0.25, 0.3) is 0 Å². The van der Waals surface area contributed by atoms with Crippen molar-refractivity contribution >= 4 is 11.3 Å². The maximum atomic E-state index is 4.58. The van der Waals surface area contributed by atoms with Gasteiger partial charge in [-0.1, -0.05) is 95.2 Å². The smallest absolute Gasteiger partial charge is 0.129 e. The first-order valence-electron chi connectivity index (χ1n) is 13.7. The van der Waals surface area contributed by atoms with E-state index < -0.39 is 0 Å². The predicted octanol–water partition coefficient (Wildman–Crippen LogP) is 11.0. The van der Waals surface area contributed by atoms with Crippen LogP contribution in [0.1, 0.15) is 101 Å². The minimum atomic E-state index is 0.792. The lowest BCUT2D eigenvalue weighted by atomic mass is 10.6. The number of aromatic nitrogens is 4. The van der Waals surface area contributed by atoms with Gasteiger partial charge >= 0.3 is 0 Å². The normalized spacial score (nSPS) is 6.92. The van der Waals surface area contributed by atoms with Crippen molar-refractivity contribution in [3.05, 3.63) is 89.6 Å². The molecule has 0 unspecified atom stereocenters. The molecule has 0 aliphatic carbocycles. The first kappa shape index (κ1) is 47.5. The fourth-order valence-electron chi connectivity index (χ4n) is 1.65. The number of aryl methyl sites for hydroxylation is 4. The molecule has 0 saturated heterocycles. The van der Waals surface area contributed by atoms with Crippen molar-refractivity contribution in [2.24, 2.45) is 7.05 Å². The Hall–Kier alpha value is -2.73. The molecule has 0 radical (unpaired) electrons. The zero-order valence-corrected chi connectivity index (χ0v) is 27.9. The topological polar surface area (TPSA) is 56.7 Å². The molecule has 37 heavy (non-hydrogen) atoms. The summed E-state index contributed by atoms with van der Waals surface area (Å²) in [7, 11) is 2.00. The van der Waals surface area contributed by atoms with E-state index in [4.69, 9.17) is 0 Å². The van der Waals surface area contributed by atoms with Crippen LogP contribution in [-0.2, 0) is 7.05 Å². The van der Waals surface area contributed by atoms with Crippen molar-refractivity contribution < 1.29 is 4.42 Å². The molecule has 4 rings (SSSR count). The second-order valence-corrected chi connectivity index (χ2v) is 5.73. The number of furan rings is 1. The van der Waals surface area contributed by atoms with E-state index in [1.165, 1.54) is 0 Å². The van der Waals surface area contributed by atoms with Gasteiger partial charge in [-0.15, -0.1) is 0 Å². The molecule has 4 heterocycles. The summed E-state index contributed by atoms with van der Waals surface area (Å²) in [5.74, 6) is 2.38. The summed E-state index contributed by atoms with van der Waals surface area (Å²) >= 11 is 1.71. The van der Waals surface area contributed by atoms with Crippen LogP contribution in [0.4, 0.5) is 0 Å². The third-order valence-corrected chi connectivity index (χ3v) is 3.20. The minimum absolute atomic E-state index is 0.792. The molecule has 4 aromatic rings. The number of hydrogen-bond acceptors (Lipinski definition) is 5. The zero-order valence-electron chi connectivity index (χ0n) is 27.0. The minimum Gasteiger partial charge on any atom is -0.473 e. The number of hydrogen-bond donors (Lipinski definition) is 0. The number of rotatable bonds is 0. The van der Waals surface area contributed by atoms with Gasteiger partial charge in [-0.3, -0.25) is 0 Å². The number of nitrogens with zero attached hydrogens (tertiary/aromatic N) is 4. The van der Waals surface area contributed by atoms with Crippen molar-refractivity contribution in [3.63, 3.8) is 0 Å². The van der Waals surface area contributed by atoms with Crippen LogP contribution in [0.25, 0.3) is 0 Å². The van der Waals surface area contributed by atoms with Gasteiger partial charge in [0, 0.05) is 19.4 Å². The Kier molecular flexibility index (Phi) is 64.4. The average Bonchev–Trinajstić information content (AvgIpc) is 3.78. The van der Waals surface area contributed by atoms with Gasteiger partial charge in [0.2, 0.25) is 0 Å². The molecular formula is C31H60N4OS. The SMILES string of the molecule is CC.CC.CC.CC.CC.CC.Cc1nc(C)nc(C)n1.Cn1cccc1.c1ccoc1.c1ccsc1. The molecule has 0 amide bonds. The molecule has 6 heteroatoms. The first-order chi connectivity index (χ1) is 18.1. The monoisotopic (exact) mass is 536 g/mol. The summed E-state index contributed by atoms with van der Waals surface area (Å²) in [4.78, 5) is 12.0. The second-order valence-electron chi connectivity index (χ2n) is 4.91. The molecule has 0 fully saturated rings. The molecule has 0 saturated carbocycles. The van der Waals surface area contributed by atoms with Crippen LogP contribution in [-0.4, -0.2) is 19.5 Å². The summed E-state index contributed by atoms with van der Waals surface area (Å²) in [5, 5.41) is 4.08. The summed E-state index contributed by atoms with van der Waals surface area (Å²) in [5.41, 5.74) is 0. The Labute approximate surface area is 235 Å². The Balaban J connectivity index is -0.0000000774. The fraction of sp³-hybridized carbons (Fsp3) is 0.516. The lowest BCUT2D eigenvalue weighted by Gasteiger charge is -1.94. The Morgan fingerprint density at radius 3 is 0.946 bits per heavy atom. The molecule has 5 nitrogen and oxygen atoms in total. The van der Waals surface area contributed by atoms with Crippen LogP contribution in [0.15, 0.2) is 76.5 Å². The first-order valence-corrected chi connectivity index (χ1v) is 14.7. The molecule has 0 bridgehead atoms. The highest BCUT2D eigenvalue weighted by atomic mass is 32.1. The van der Waals surface area contributed by atoms with E-state index in [2.05, 4.69) is 19.4 Å². The summed E-state index contributed by atoms with van der Waals surface area (Å²) < 4.78 is 6.58. The van der Waals surface area contributed by atoms with E-state index in [0.29, 0.717) is 0 Å². The Bertz CT molecular complexity index is 644. The summed E-state index contributed by atoms with van der Waals surface area (Å²) in [6, 6.07) is 11.7. The highest BCUT2D eigenvalue weighted by Crippen LogP contribution is 1.91. The van der Waals surface area contributed by atoms with Crippen molar-refractivity contribution in [1.29, 1.82) is 0 Å². The van der Waals surface area contributed by atoms with Gasteiger partial charge in [-0.05, 0) is 55.8 Å². The van der Waals surface area contributed by atoms with Gasteiger partial charge in [0.15, 0.2) is 0 Å². The third kappa shape index (κ3) is 47.1. The lowest BCUT2D eigenvalue weighted by molar-refractivity contribution is 0.567. The van der Waals surface area contributed by atoms with Gasteiger partial charge in [-0.25, -0.2) is 15.0 Å². The van der Waals surface area contributed by atoms with Crippen molar-refractivity contribution in [1.82, 2.24) is 19.5 Å². The van der Waals surface area contributed by atoms with E-state index in [-0.39, 0.29) is 0 Å². The van der Waals surface area contributed by atoms with Gasteiger partial charge in [0.05, 0.1) is 12.5 Å². The van der Waals surface area contributed by atoms with Gasteiger partial charge < -0.3 is 8.98 Å². The van der Waals surface area contributed by atoms with Crippen molar-refractivity contribution in [2.45, 2.75) is 104 Å². The van der Waals surface area contributed by atoms with E-state index in [0.717, 1.165) is 17.5 Å². The largest absolute Gasteiger partial charge is 0.473 e. The molecule has 0 aromatic carbocycles. The highest BCUT2D eigenvalue weighted by molar-refractivity contribution is 7.07. The van der Waals surface area contributed by atoms with E-state index in [9.17, 15) is 0 Å². The third-order valence-electron chi connectivity index (χ3n) is 2.58. The second kappa shape index (κ2) is 50.2. The van der Waals surface area contributed by atoms with Gasteiger partial charge in [0.1, 0.15) is 17.5 Å². The van der Waals surface area contributed by atoms with Gasteiger partial charge in [-0.2, -0.15) is 11.3 Å². The van der Waals surface area contributed by atoms with Crippen LogP contribution in [0, 0.1) is 20.8 Å². The predicted molar refractivity (Wildman–Crippen MR) is 171 cm³/mol. The summed E-state index contributed by atoms with van der Waals surface area (Å²) in [6.45, 7) is 29.6. The molecule has 4 aromatic heterocycles. The number of thiophene rings is 1. The van der Waals surface area contributed by atoms with Crippen molar-refractivity contribution in [2.75, 3.05) is 0 Å². The van der Waals surface area contributed by atoms with Crippen LogP contribution in [0.3, 0.4) is 0 Å². The maximum Gasteiger partial charge on any atom is 0.129 e. The molecule has 0 spiro atoms. The molecule has 0 aliphatic heterocycles. The highest BCUT2D eigenvalue weighted by Gasteiger charge is 1.91. The fourth-order valence-corrected chi connectivity index (χ4v) is 2.11. The molecule has 0 N–H and O–H groups in total. The molecular weight excluding hydrogens is 476 g/mol. The molecule has 216 valence electrons. The van der Waals surface area contributed by atoms with E-state index in [1.54, 1.807) is 23.9 Å². The van der Waals surface area contributed by atoms with Crippen molar-refractivity contribution in [3.8, 4) is 0 Å². The maximum absolute atomic E-state index is 4.58. The Morgan fingerprint density at radius 1 is 0.514 bits per heavy atom. The van der Waals surface area contributed by atoms with Crippen LogP contribution < -0.4 is 0 Å². The van der Waals surface area contributed by atoms with E-state index in [1.807, 2.05) is 175 Å². The lowest BCUT2D eigenvalue weighted by Crippen LogP contribution is -1.97. The van der Waals surface area contributed by atoms with Crippen LogP contribution >= 0.6 is 11.3 Å². The van der Waals surface area contributed by atoms with Crippen LogP contribution in [0.2, 0.25) is 0 Å². The Morgan fingerprint density at radius 2 is 0.811 bits per heavy atom. The van der Waals surface area contributed by atoms with E-state index >= 15 is 0 Å². The standard InChI is InChI=1S/C6H9N3.C5H7N.C4H4O.C4H4S.6C2H6/c1-4-7-5(2)9-6(3)8-4;1-6-4-2-3-5-6;2*1-2-4-5-3-1;6*1-2/h1-3H3;2-5H,1H3;2*1-4H;6*1-2H3. The quantitative estimate of drug-likeness (QED) is 0.224. The average molecular weight is 537 g/mol. The van der Waals surface area contributed by atoms with Crippen LogP contribution in [0.5, 0.6) is 0 Å². The molecule has 0 aliphatic rings. The molecule has 0 atom stereocenters. The zero-order chi connectivity index (χ0) is 30.3. The summed E-state index contributed by atoms with van der Waals surface area (Å²) in [6.07, 6.45) is 7.25.